The molecule has 2 heterocycles. The van der Waals surface area contributed by atoms with Crippen molar-refractivity contribution in [2.45, 2.75) is 33.4 Å². The number of rotatable bonds is 4. The van der Waals surface area contributed by atoms with Crippen LogP contribution in [0.15, 0.2) is 22.1 Å². The van der Waals surface area contributed by atoms with E-state index in [0.717, 1.165) is 22.0 Å². The standard InChI is InChI=1S/C12H16BrN3S/c1-8(2)16-7-9(3)15-12(16)14-6-10-4-5-11(13)17-10/h4-5,7-8H,6H2,1-3H3,(H,14,15). The second-order valence-corrected chi connectivity index (χ2v) is 6.81. The second-order valence-electron chi connectivity index (χ2n) is 4.27. The molecule has 0 spiro atoms. The maximum absolute atomic E-state index is 4.50. The molecule has 2 aromatic rings. The minimum Gasteiger partial charge on any atom is -0.351 e. The lowest BCUT2D eigenvalue weighted by Crippen LogP contribution is -2.08. The fourth-order valence-corrected chi connectivity index (χ4v) is 3.08. The average Bonchev–Trinajstić information content (AvgIpc) is 2.82. The third kappa shape index (κ3) is 3.10. The molecule has 0 aliphatic heterocycles. The first kappa shape index (κ1) is 12.6. The topological polar surface area (TPSA) is 29.9 Å². The molecule has 1 N–H and O–H groups in total. The van der Waals surface area contributed by atoms with Crippen LogP contribution >= 0.6 is 27.3 Å². The first-order chi connectivity index (χ1) is 8.06. The van der Waals surface area contributed by atoms with Crippen LogP contribution in [0.1, 0.15) is 30.5 Å². The molecular formula is C12H16BrN3S. The third-order valence-corrected chi connectivity index (χ3v) is 4.08. The Hall–Kier alpha value is -0.810. The molecule has 0 radical (unpaired) electrons. The molecular weight excluding hydrogens is 298 g/mol. The van der Waals surface area contributed by atoms with Crippen molar-refractivity contribution < 1.29 is 0 Å². The van der Waals surface area contributed by atoms with Gasteiger partial charge in [0.1, 0.15) is 0 Å². The summed E-state index contributed by atoms with van der Waals surface area (Å²) in [5.41, 5.74) is 1.05. The van der Waals surface area contributed by atoms with Crippen molar-refractivity contribution >= 4 is 33.2 Å². The highest BCUT2D eigenvalue weighted by Gasteiger charge is 2.08. The number of aromatic nitrogens is 2. The Kier molecular flexibility index (Phi) is 3.89. The van der Waals surface area contributed by atoms with E-state index in [4.69, 9.17) is 0 Å². The van der Waals surface area contributed by atoms with Gasteiger partial charge in [-0.25, -0.2) is 4.98 Å². The molecule has 0 atom stereocenters. The van der Waals surface area contributed by atoms with Gasteiger partial charge >= 0.3 is 0 Å². The van der Waals surface area contributed by atoms with Gasteiger partial charge in [-0.05, 0) is 48.8 Å². The van der Waals surface area contributed by atoms with Crippen LogP contribution in [0.2, 0.25) is 0 Å². The number of anilines is 1. The van der Waals surface area contributed by atoms with E-state index in [0.29, 0.717) is 6.04 Å². The number of hydrogen-bond acceptors (Lipinski definition) is 3. The Bertz CT molecular complexity index is 502. The van der Waals surface area contributed by atoms with Crippen molar-refractivity contribution in [3.05, 3.63) is 32.7 Å². The highest BCUT2D eigenvalue weighted by Crippen LogP contribution is 2.23. The Labute approximate surface area is 114 Å². The summed E-state index contributed by atoms with van der Waals surface area (Å²) >= 11 is 5.22. The molecule has 0 bridgehead atoms. The van der Waals surface area contributed by atoms with Crippen molar-refractivity contribution in [2.75, 3.05) is 5.32 Å². The molecule has 92 valence electrons. The maximum atomic E-state index is 4.50. The molecule has 0 fully saturated rings. The minimum atomic E-state index is 0.425. The summed E-state index contributed by atoms with van der Waals surface area (Å²) in [5, 5.41) is 3.39. The maximum Gasteiger partial charge on any atom is 0.203 e. The molecule has 2 rings (SSSR count). The van der Waals surface area contributed by atoms with Crippen LogP contribution < -0.4 is 5.32 Å². The van der Waals surface area contributed by atoms with Gasteiger partial charge < -0.3 is 9.88 Å². The Morgan fingerprint density at radius 3 is 2.82 bits per heavy atom. The van der Waals surface area contributed by atoms with Crippen molar-refractivity contribution in [3.8, 4) is 0 Å². The number of nitrogens with one attached hydrogen (secondary N) is 1. The van der Waals surface area contributed by atoms with Gasteiger partial charge in [-0.15, -0.1) is 11.3 Å². The highest BCUT2D eigenvalue weighted by molar-refractivity contribution is 9.11. The molecule has 17 heavy (non-hydrogen) atoms. The van der Waals surface area contributed by atoms with Gasteiger partial charge in [0.2, 0.25) is 5.95 Å². The summed E-state index contributed by atoms with van der Waals surface area (Å²) in [5.74, 6) is 0.946. The monoisotopic (exact) mass is 313 g/mol. The molecule has 0 saturated carbocycles. The molecule has 3 nitrogen and oxygen atoms in total. The zero-order valence-corrected chi connectivity index (χ0v) is 12.6. The lowest BCUT2D eigenvalue weighted by molar-refractivity contribution is 0.604. The van der Waals surface area contributed by atoms with Crippen molar-refractivity contribution in [1.29, 1.82) is 0 Å². The lowest BCUT2D eigenvalue weighted by Gasteiger charge is -2.11. The predicted molar refractivity (Wildman–Crippen MR) is 76.7 cm³/mol. The largest absolute Gasteiger partial charge is 0.351 e. The SMILES string of the molecule is Cc1cn(C(C)C)c(NCc2ccc(Br)s2)n1. The summed E-state index contributed by atoms with van der Waals surface area (Å²) in [6.07, 6.45) is 2.08. The van der Waals surface area contributed by atoms with Gasteiger partial charge in [-0.1, -0.05) is 0 Å². The van der Waals surface area contributed by atoms with Crippen LogP contribution in [-0.2, 0) is 6.54 Å². The minimum absolute atomic E-state index is 0.425. The number of halogens is 1. The molecule has 0 aliphatic carbocycles. The first-order valence-electron chi connectivity index (χ1n) is 5.60. The molecule has 2 aromatic heterocycles. The van der Waals surface area contributed by atoms with Gasteiger partial charge in [0.05, 0.1) is 16.0 Å². The number of hydrogen-bond donors (Lipinski definition) is 1. The summed E-state index contributed by atoms with van der Waals surface area (Å²) in [4.78, 5) is 5.80. The van der Waals surface area contributed by atoms with Crippen LogP contribution in [0.25, 0.3) is 0 Å². The smallest absolute Gasteiger partial charge is 0.203 e. The Morgan fingerprint density at radius 1 is 1.47 bits per heavy atom. The van der Waals surface area contributed by atoms with E-state index < -0.39 is 0 Å². The zero-order chi connectivity index (χ0) is 12.4. The normalized spacial score (nSPS) is 11.1. The Balaban J connectivity index is 2.08. The average molecular weight is 314 g/mol. The van der Waals surface area contributed by atoms with E-state index in [9.17, 15) is 0 Å². The van der Waals surface area contributed by atoms with Gasteiger partial charge in [-0.3, -0.25) is 0 Å². The van der Waals surface area contributed by atoms with Gasteiger partial charge in [0, 0.05) is 17.1 Å². The van der Waals surface area contributed by atoms with E-state index in [-0.39, 0.29) is 0 Å². The van der Waals surface area contributed by atoms with E-state index in [1.165, 1.54) is 4.88 Å². The van der Waals surface area contributed by atoms with Crippen molar-refractivity contribution in [3.63, 3.8) is 0 Å². The van der Waals surface area contributed by atoms with Crippen LogP contribution in [0.3, 0.4) is 0 Å². The summed E-state index contributed by atoms with van der Waals surface area (Å²) < 4.78 is 3.33. The van der Waals surface area contributed by atoms with Crippen LogP contribution in [0.4, 0.5) is 5.95 Å². The molecule has 5 heteroatoms. The molecule has 0 amide bonds. The molecule has 0 aliphatic rings. The van der Waals surface area contributed by atoms with Crippen molar-refractivity contribution in [2.24, 2.45) is 0 Å². The summed E-state index contributed by atoms with van der Waals surface area (Å²) in [6.45, 7) is 7.16. The van der Waals surface area contributed by atoms with E-state index in [1.54, 1.807) is 11.3 Å². The van der Waals surface area contributed by atoms with Crippen LogP contribution in [0.5, 0.6) is 0 Å². The lowest BCUT2D eigenvalue weighted by atomic mass is 10.4. The van der Waals surface area contributed by atoms with Crippen LogP contribution in [-0.4, -0.2) is 9.55 Å². The van der Waals surface area contributed by atoms with Gasteiger partial charge in [0.15, 0.2) is 0 Å². The number of imidazole rings is 1. The first-order valence-corrected chi connectivity index (χ1v) is 7.21. The number of aryl methyl sites for hydroxylation is 1. The second kappa shape index (κ2) is 5.23. The van der Waals surface area contributed by atoms with E-state index in [2.05, 4.69) is 63.0 Å². The van der Waals surface area contributed by atoms with E-state index >= 15 is 0 Å². The van der Waals surface area contributed by atoms with Gasteiger partial charge in [0.25, 0.3) is 0 Å². The highest BCUT2D eigenvalue weighted by atomic mass is 79.9. The van der Waals surface area contributed by atoms with E-state index in [1.807, 2.05) is 6.92 Å². The summed E-state index contributed by atoms with van der Waals surface area (Å²) in [6, 6.07) is 4.62. The fourth-order valence-electron chi connectivity index (χ4n) is 1.65. The molecule has 0 saturated heterocycles. The fraction of sp³-hybridized carbons (Fsp3) is 0.417. The molecule has 0 unspecified atom stereocenters. The van der Waals surface area contributed by atoms with Gasteiger partial charge in [-0.2, -0.15) is 0 Å². The Morgan fingerprint density at radius 2 is 2.24 bits per heavy atom. The molecule has 0 aromatic carbocycles. The van der Waals surface area contributed by atoms with Crippen LogP contribution in [0, 0.1) is 6.92 Å². The number of nitrogens with zero attached hydrogens (tertiary/aromatic N) is 2. The number of thiophene rings is 1. The zero-order valence-electron chi connectivity index (χ0n) is 10.2. The van der Waals surface area contributed by atoms with Crippen molar-refractivity contribution in [1.82, 2.24) is 9.55 Å². The quantitative estimate of drug-likeness (QED) is 0.916. The predicted octanol–water partition coefficient (Wildman–Crippen LogP) is 4.21. The summed E-state index contributed by atoms with van der Waals surface area (Å²) in [7, 11) is 0. The third-order valence-electron chi connectivity index (χ3n) is 2.46.